The molecule has 0 aliphatic carbocycles. The highest BCUT2D eigenvalue weighted by molar-refractivity contribution is 5.92. The maximum absolute atomic E-state index is 12.0. The molecule has 2 N–H and O–H groups in total. The molecule has 0 fully saturated rings. The predicted octanol–water partition coefficient (Wildman–Crippen LogP) is 1.44. The summed E-state index contributed by atoms with van der Waals surface area (Å²) in [6, 6.07) is 4.15. The lowest BCUT2D eigenvalue weighted by atomic mass is 10.0. The molecule has 1 rings (SSSR count). The summed E-state index contributed by atoms with van der Waals surface area (Å²) in [4.78, 5) is 13.4. The lowest BCUT2D eigenvalue weighted by Crippen LogP contribution is -2.34. The van der Waals surface area contributed by atoms with Gasteiger partial charge in [0.15, 0.2) is 0 Å². The molecule has 0 aliphatic heterocycles. The van der Waals surface area contributed by atoms with Crippen LogP contribution in [0, 0.1) is 20.8 Å². The van der Waals surface area contributed by atoms with Gasteiger partial charge in [0.25, 0.3) is 0 Å². The fourth-order valence-corrected chi connectivity index (χ4v) is 2.00. The zero-order valence-electron chi connectivity index (χ0n) is 12.4. The van der Waals surface area contributed by atoms with Crippen molar-refractivity contribution in [2.24, 2.45) is 0 Å². The predicted molar refractivity (Wildman–Crippen MR) is 80.4 cm³/mol. The minimum atomic E-state index is -0.203. The third-order valence-corrected chi connectivity index (χ3v) is 3.34. The summed E-state index contributed by atoms with van der Waals surface area (Å²) >= 11 is 0. The zero-order chi connectivity index (χ0) is 15.1. The summed E-state index contributed by atoms with van der Waals surface area (Å²) in [5.41, 5.74) is 4.54. The number of hydrogen-bond donors (Lipinski definition) is 2. The molecule has 0 atom stereocenters. The van der Waals surface area contributed by atoms with Crippen LogP contribution < -0.4 is 0 Å². The van der Waals surface area contributed by atoms with Gasteiger partial charge in [0.1, 0.15) is 0 Å². The Kier molecular flexibility index (Phi) is 6.42. The molecule has 0 unspecified atom stereocenters. The first kappa shape index (κ1) is 16.4. The second kappa shape index (κ2) is 7.82. The van der Waals surface area contributed by atoms with E-state index in [1.165, 1.54) is 22.1 Å². The summed E-state index contributed by atoms with van der Waals surface area (Å²) in [5.74, 6) is -0.203. The topological polar surface area (TPSA) is 60.8 Å². The lowest BCUT2D eigenvalue weighted by molar-refractivity contribution is -0.126. The van der Waals surface area contributed by atoms with E-state index in [0.29, 0.717) is 0 Å². The lowest BCUT2D eigenvalue weighted by Gasteiger charge is -2.18. The molecular weight excluding hydrogens is 254 g/mol. The van der Waals surface area contributed by atoms with Crippen LogP contribution in [-0.2, 0) is 4.79 Å². The average Bonchev–Trinajstić information content (AvgIpc) is 2.41. The molecule has 0 bridgehead atoms. The Morgan fingerprint density at radius 2 is 1.60 bits per heavy atom. The van der Waals surface area contributed by atoms with Gasteiger partial charge >= 0.3 is 0 Å². The van der Waals surface area contributed by atoms with Crippen molar-refractivity contribution in [3.05, 3.63) is 40.5 Å². The Balaban J connectivity index is 2.85. The van der Waals surface area contributed by atoms with E-state index in [1.807, 2.05) is 13.8 Å². The van der Waals surface area contributed by atoms with Crippen LogP contribution in [0.3, 0.4) is 0 Å². The maximum Gasteiger partial charge on any atom is 0.246 e. The third-order valence-electron chi connectivity index (χ3n) is 3.34. The van der Waals surface area contributed by atoms with E-state index in [4.69, 9.17) is 10.2 Å². The van der Waals surface area contributed by atoms with Gasteiger partial charge in [0, 0.05) is 19.2 Å². The number of aliphatic hydroxyl groups is 2. The molecule has 1 aromatic carbocycles. The summed E-state index contributed by atoms with van der Waals surface area (Å²) in [6.07, 6.45) is 3.27. The van der Waals surface area contributed by atoms with Crippen LogP contribution in [0.25, 0.3) is 6.08 Å². The summed E-state index contributed by atoms with van der Waals surface area (Å²) in [5, 5.41) is 17.8. The average molecular weight is 277 g/mol. The SMILES string of the molecule is Cc1cc(C)c(/C=C/C(=O)N(CCO)CCO)cc1C. The van der Waals surface area contributed by atoms with Crippen molar-refractivity contribution < 1.29 is 15.0 Å². The van der Waals surface area contributed by atoms with E-state index in [9.17, 15) is 4.79 Å². The van der Waals surface area contributed by atoms with E-state index in [-0.39, 0.29) is 32.2 Å². The number of aliphatic hydroxyl groups excluding tert-OH is 2. The zero-order valence-corrected chi connectivity index (χ0v) is 12.4. The molecule has 20 heavy (non-hydrogen) atoms. The number of rotatable bonds is 6. The highest BCUT2D eigenvalue weighted by Crippen LogP contribution is 2.16. The summed E-state index contributed by atoms with van der Waals surface area (Å²) in [6.45, 7) is 6.36. The van der Waals surface area contributed by atoms with Crippen LogP contribution in [0.4, 0.5) is 0 Å². The van der Waals surface area contributed by atoms with E-state index >= 15 is 0 Å². The van der Waals surface area contributed by atoms with Crippen LogP contribution in [0.5, 0.6) is 0 Å². The Morgan fingerprint density at radius 3 is 2.15 bits per heavy atom. The number of nitrogens with zero attached hydrogens (tertiary/aromatic N) is 1. The molecule has 4 heteroatoms. The standard InChI is InChI=1S/C16H23NO3/c1-12-10-14(3)15(11-13(12)2)4-5-16(20)17(6-8-18)7-9-19/h4-5,10-11,18-19H,6-9H2,1-3H3/b5-4+. The molecule has 4 nitrogen and oxygen atoms in total. The largest absolute Gasteiger partial charge is 0.395 e. The molecule has 0 saturated carbocycles. The van der Waals surface area contributed by atoms with Crippen molar-refractivity contribution in [3.8, 4) is 0 Å². The number of amides is 1. The smallest absolute Gasteiger partial charge is 0.246 e. The maximum atomic E-state index is 12.0. The monoisotopic (exact) mass is 277 g/mol. The highest BCUT2D eigenvalue weighted by atomic mass is 16.3. The molecule has 0 aliphatic rings. The minimum absolute atomic E-state index is 0.109. The first-order chi connectivity index (χ1) is 9.49. The first-order valence-corrected chi connectivity index (χ1v) is 6.76. The van der Waals surface area contributed by atoms with Gasteiger partial charge in [-0.1, -0.05) is 12.1 Å². The van der Waals surface area contributed by atoms with Crippen molar-refractivity contribution in [2.75, 3.05) is 26.3 Å². The Morgan fingerprint density at radius 1 is 1.05 bits per heavy atom. The van der Waals surface area contributed by atoms with Gasteiger partial charge in [-0.3, -0.25) is 4.79 Å². The fourth-order valence-electron chi connectivity index (χ4n) is 2.00. The Labute approximate surface area is 120 Å². The van der Waals surface area contributed by atoms with Crippen molar-refractivity contribution >= 4 is 12.0 Å². The third kappa shape index (κ3) is 4.47. The molecule has 0 aromatic heterocycles. The minimum Gasteiger partial charge on any atom is -0.395 e. The van der Waals surface area contributed by atoms with E-state index < -0.39 is 0 Å². The van der Waals surface area contributed by atoms with Gasteiger partial charge in [-0.05, 0) is 49.1 Å². The van der Waals surface area contributed by atoms with E-state index in [1.54, 1.807) is 6.08 Å². The number of aryl methyl sites for hydroxylation is 3. The molecule has 1 amide bonds. The van der Waals surface area contributed by atoms with Crippen LogP contribution in [-0.4, -0.2) is 47.3 Å². The van der Waals surface area contributed by atoms with Crippen molar-refractivity contribution in [2.45, 2.75) is 20.8 Å². The van der Waals surface area contributed by atoms with E-state index in [0.717, 1.165) is 11.1 Å². The van der Waals surface area contributed by atoms with Crippen LogP contribution in [0.1, 0.15) is 22.3 Å². The second-order valence-corrected chi connectivity index (χ2v) is 4.90. The quantitative estimate of drug-likeness (QED) is 0.773. The van der Waals surface area contributed by atoms with Gasteiger partial charge in [0.05, 0.1) is 13.2 Å². The van der Waals surface area contributed by atoms with Gasteiger partial charge < -0.3 is 15.1 Å². The molecule has 110 valence electrons. The van der Waals surface area contributed by atoms with Gasteiger partial charge in [-0.25, -0.2) is 0 Å². The van der Waals surface area contributed by atoms with Crippen LogP contribution >= 0.6 is 0 Å². The van der Waals surface area contributed by atoms with Gasteiger partial charge in [-0.15, -0.1) is 0 Å². The Hall–Kier alpha value is -1.65. The molecule has 0 heterocycles. The Bertz CT molecular complexity index is 489. The summed E-state index contributed by atoms with van der Waals surface area (Å²) < 4.78 is 0. The van der Waals surface area contributed by atoms with Crippen LogP contribution in [0.15, 0.2) is 18.2 Å². The normalized spacial score (nSPS) is 11.1. The van der Waals surface area contributed by atoms with Gasteiger partial charge in [-0.2, -0.15) is 0 Å². The number of carbonyl (C=O) groups is 1. The van der Waals surface area contributed by atoms with Crippen molar-refractivity contribution in [3.63, 3.8) is 0 Å². The van der Waals surface area contributed by atoms with Crippen molar-refractivity contribution in [1.29, 1.82) is 0 Å². The second-order valence-electron chi connectivity index (χ2n) is 4.90. The molecule has 1 aromatic rings. The van der Waals surface area contributed by atoms with Crippen LogP contribution in [0.2, 0.25) is 0 Å². The number of carbonyl (C=O) groups excluding carboxylic acids is 1. The summed E-state index contributed by atoms with van der Waals surface area (Å²) in [7, 11) is 0. The molecule has 0 radical (unpaired) electrons. The molecule has 0 saturated heterocycles. The highest BCUT2D eigenvalue weighted by Gasteiger charge is 2.09. The first-order valence-electron chi connectivity index (χ1n) is 6.76. The molecule has 0 spiro atoms. The van der Waals surface area contributed by atoms with Crippen molar-refractivity contribution in [1.82, 2.24) is 4.90 Å². The molecular formula is C16H23NO3. The van der Waals surface area contributed by atoms with E-state index in [2.05, 4.69) is 19.1 Å². The number of benzene rings is 1. The number of hydrogen-bond acceptors (Lipinski definition) is 3. The van der Waals surface area contributed by atoms with Gasteiger partial charge in [0.2, 0.25) is 5.91 Å². The fraction of sp³-hybridized carbons (Fsp3) is 0.438.